The number of furan rings is 1. The second kappa shape index (κ2) is 15.6. The van der Waals surface area contributed by atoms with Crippen LogP contribution < -0.4 is 0 Å². The van der Waals surface area contributed by atoms with E-state index in [-0.39, 0.29) is 0 Å². The lowest BCUT2D eigenvalue weighted by Crippen LogP contribution is -1.92. The molecule has 328 valence electrons. The molecule has 14 aromatic carbocycles. The number of benzene rings is 14. The van der Waals surface area contributed by atoms with Gasteiger partial charge in [0.15, 0.2) is 0 Å². The van der Waals surface area contributed by atoms with Crippen LogP contribution in [0.15, 0.2) is 259 Å². The van der Waals surface area contributed by atoms with E-state index >= 15 is 0 Å². The van der Waals surface area contributed by atoms with Crippen molar-refractivity contribution >= 4 is 97.3 Å². The minimum Gasteiger partial charge on any atom is -0.455 e. The molecular weight excluding hydrogens is 857 g/mol. The molecule has 1 nitrogen and oxygen atoms in total. The van der Waals surface area contributed by atoms with E-state index in [0.29, 0.717) is 0 Å². The van der Waals surface area contributed by atoms with Crippen LogP contribution in [0.2, 0.25) is 0 Å². The van der Waals surface area contributed by atoms with Crippen molar-refractivity contribution in [3.8, 4) is 55.6 Å². The van der Waals surface area contributed by atoms with Crippen LogP contribution in [0, 0.1) is 0 Å². The summed E-state index contributed by atoms with van der Waals surface area (Å²) in [5.74, 6) is 0. The predicted molar refractivity (Wildman–Crippen MR) is 303 cm³/mol. The summed E-state index contributed by atoms with van der Waals surface area (Å²) in [6.07, 6.45) is 0. The molecule has 0 aliphatic carbocycles. The fourth-order valence-electron chi connectivity index (χ4n) is 12.2. The van der Waals surface area contributed by atoms with E-state index in [2.05, 4.69) is 249 Å². The van der Waals surface area contributed by atoms with Gasteiger partial charge in [-0.3, -0.25) is 0 Å². The van der Waals surface area contributed by atoms with Gasteiger partial charge < -0.3 is 4.42 Å². The summed E-state index contributed by atoms with van der Waals surface area (Å²) in [5.41, 5.74) is 14.1. The Kier molecular flexibility index (Phi) is 8.73. The molecule has 71 heavy (non-hydrogen) atoms. The van der Waals surface area contributed by atoms with E-state index in [1.165, 1.54) is 125 Å². The highest BCUT2D eigenvalue weighted by Gasteiger charge is 2.22. The lowest BCUT2D eigenvalue weighted by Gasteiger charge is -2.20. The van der Waals surface area contributed by atoms with Gasteiger partial charge in [-0.1, -0.05) is 237 Å². The zero-order valence-corrected chi connectivity index (χ0v) is 38.7. The topological polar surface area (TPSA) is 13.1 Å². The van der Waals surface area contributed by atoms with Crippen LogP contribution in [0.3, 0.4) is 0 Å². The molecule has 0 bridgehead atoms. The SMILES string of the molecule is c1ccc2c(-c3c4ccccc4c(-c4cccc5cc(-c6ccc7c(-c8c9ccccc9c(-c9cccc%10c9oc9ccccc9%10)c9ccccc89)cccc7c6)ccc45)c4ccccc34)cccc2c1. The molecule has 0 unspecified atom stereocenters. The molecule has 0 N–H and O–H groups in total. The van der Waals surface area contributed by atoms with Gasteiger partial charge in [0.2, 0.25) is 0 Å². The first-order valence-corrected chi connectivity index (χ1v) is 24.6. The second-order valence-corrected chi connectivity index (χ2v) is 19.0. The molecular formula is C70H42O. The van der Waals surface area contributed by atoms with Gasteiger partial charge >= 0.3 is 0 Å². The Morgan fingerprint density at radius 2 is 0.507 bits per heavy atom. The molecule has 1 heteroatoms. The minimum absolute atomic E-state index is 0.908. The molecule has 0 fully saturated rings. The zero-order valence-electron chi connectivity index (χ0n) is 38.7. The highest BCUT2D eigenvalue weighted by atomic mass is 16.3. The van der Waals surface area contributed by atoms with Crippen molar-refractivity contribution in [2.75, 3.05) is 0 Å². The first kappa shape index (κ1) is 39.7. The highest BCUT2D eigenvalue weighted by molar-refractivity contribution is 6.27. The van der Waals surface area contributed by atoms with Crippen LogP contribution >= 0.6 is 0 Å². The number of hydrogen-bond acceptors (Lipinski definition) is 1. The average molecular weight is 899 g/mol. The van der Waals surface area contributed by atoms with Gasteiger partial charge in [-0.05, 0) is 138 Å². The van der Waals surface area contributed by atoms with Gasteiger partial charge in [-0.15, -0.1) is 0 Å². The number of rotatable bonds is 5. The summed E-state index contributed by atoms with van der Waals surface area (Å²) >= 11 is 0. The molecule has 1 aromatic heterocycles. The third kappa shape index (κ3) is 6.00. The molecule has 15 rings (SSSR count). The summed E-state index contributed by atoms with van der Waals surface area (Å²) in [7, 11) is 0. The fourth-order valence-corrected chi connectivity index (χ4v) is 12.2. The monoisotopic (exact) mass is 898 g/mol. The summed E-state index contributed by atoms with van der Waals surface area (Å²) in [5, 5.41) is 19.6. The third-order valence-corrected chi connectivity index (χ3v) is 15.2. The Bertz CT molecular complexity index is 4580. The van der Waals surface area contributed by atoms with Gasteiger partial charge in [0, 0.05) is 21.9 Å². The lowest BCUT2D eigenvalue weighted by atomic mass is 9.83. The Balaban J connectivity index is 0.873. The van der Waals surface area contributed by atoms with Crippen molar-refractivity contribution in [2.45, 2.75) is 0 Å². The van der Waals surface area contributed by atoms with Crippen LogP contribution in [0.25, 0.3) is 153 Å². The van der Waals surface area contributed by atoms with E-state index in [1.54, 1.807) is 0 Å². The summed E-state index contributed by atoms with van der Waals surface area (Å²) in [6.45, 7) is 0. The maximum absolute atomic E-state index is 6.67. The molecule has 0 radical (unpaired) electrons. The van der Waals surface area contributed by atoms with Crippen LogP contribution in [-0.2, 0) is 0 Å². The van der Waals surface area contributed by atoms with Gasteiger partial charge in [0.05, 0.1) is 0 Å². The molecule has 0 saturated heterocycles. The Morgan fingerprint density at radius 1 is 0.197 bits per heavy atom. The van der Waals surface area contributed by atoms with Crippen LogP contribution in [-0.4, -0.2) is 0 Å². The largest absolute Gasteiger partial charge is 0.455 e. The molecule has 15 aromatic rings. The first-order valence-electron chi connectivity index (χ1n) is 24.6. The summed E-state index contributed by atoms with van der Waals surface area (Å²) in [6, 6.07) is 93.8. The van der Waals surface area contributed by atoms with E-state index in [9.17, 15) is 0 Å². The molecule has 0 aliphatic heterocycles. The molecule has 0 saturated carbocycles. The molecule has 0 atom stereocenters. The first-order chi connectivity index (χ1) is 35.2. The van der Waals surface area contributed by atoms with Crippen molar-refractivity contribution in [3.63, 3.8) is 0 Å². The smallest absolute Gasteiger partial charge is 0.143 e. The fraction of sp³-hybridized carbons (Fsp3) is 0. The predicted octanol–water partition coefficient (Wildman–Crippen LogP) is 20.0. The van der Waals surface area contributed by atoms with Gasteiger partial charge in [0.25, 0.3) is 0 Å². The van der Waals surface area contributed by atoms with E-state index in [1.807, 2.05) is 6.07 Å². The van der Waals surface area contributed by atoms with E-state index < -0.39 is 0 Å². The highest BCUT2D eigenvalue weighted by Crippen LogP contribution is 2.50. The maximum atomic E-state index is 6.67. The van der Waals surface area contributed by atoms with Crippen LogP contribution in [0.5, 0.6) is 0 Å². The Hall–Kier alpha value is -9.30. The molecule has 0 amide bonds. The summed E-state index contributed by atoms with van der Waals surface area (Å²) < 4.78 is 6.67. The number of fused-ring (bicyclic) bond motifs is 10. The molecule has 0 aliphatic rings. The van der Waals surface area contributed by atoms with Crippen molar-refractivity contribution in [1.82, 2.24) is 0 Å². The van der Waals surface area contributed by atoms with Crippen molar-refractivity contribution < 1.29 is 4.42 Å². The van der Waals surface area contributed by atoms with Crippen molar-refractivity contribution in [1.29, 1.82) is 0 Å². The van der Waals surface area contributed by atoms with Crippen LogP contribution in [0.1, 0.15) is 0 Å². The van der Waals surface area contributed by atoms with Crippen LogP contribution in [0.4, 0.5) is 0 Å². The van der Waals surface area contributed by atoms with E-state index in [4.69, 9.17) is 4.42 Å². The van der Waals surface area contributed by atoms with Gasteiger partial charge in [0.1, 0.15) is 11.2 Å². The van der Waals surface area contributed by atoms with E-state index in [0.717, 1.165) is 27.5 Å². The zero-order chi connectivity index (χ0) is 46.6. The third-order valence-electron chi connectivity index (χ3n) is 15.2. The standard InChI is InChI=1S/C70H42O/c1-2-21-48-43(17-1)18-13-31-52(48)66-55-23-3-5-25-57(55)67(58-26-6-4-24-56(58)66)53-32-14-19-46-41-44(37-39-49(46)53)45-38-40-50-47(42-45)20-15-33-54(50)68-59-27-7-9-29-61(59)69(62-30-10-8-28-60(62)68)64-35-16-34-63-51-22-11-12-36-65(51)71-70(63)64/h1-42H. The quantitative estimate of drug-likeness (QED) is 0.157. The minimum atomic E-state index is 0.908. The maximum Gasteiger partial charge on any atom is 0.143 e. The number of hydrogen-bond donors (Lipinski definition) is 0. The Labute approximate surface area is 410 Å². The molecule has 0 spiro atoms. The second-order valence-electron chi connectivity index (χ2n) is 19.0. The van der Waals surface area contributed by atoms with Gasteiger partial charge in [-0.25, -0.2) is 0 Å². The van der Waals surface area contributed by atoms with Crippen molar-refractivity contribution in [2.24, 2.45) is 0 Å². The Morgan fingerprint density at radius 3 is 0.972 bits per heavy atom. The lowest BCUT2D eigenvalue weighted by molar-refractivity contribution is 0.670. The molecule has 1 heterocycles. The van der Waals surface area contributed by atoms with Gasteiger partial charge in [-0.2, -0.15) is 0 Å². The van der Waals surface area contributed by atoms with Crippen molar-refractivity contribution in [3.05, 3.63) is 255 Å². The number of para-hydroxylation sites is 2. The summed E-state index contributed by atoms with van der Waals surface area (Å²) in [4.78, 5) is 0. The normalized spacial score (nSPS) is 11.9. The average Bonchev–Trinajstić information content (AvgIpc) is 3.82.